The van der Waals surface area contributed by atoms with Gasteiger partial charge in [0.15, 0.2) is 5.00 Å². The number of nitrogens with two attached hydrogens (primary N) is 1. The summed E-state index contributed by atoms with van der Waals surface area (Å²) in [4.78, 5) is 16.5. The standard InChI is InChI=1S/C6H7Cl2N3O2/c7-5-10-2-6(8,11-5)1-3(9)4(12)13/h2-3H,1,9H2,(H,12,13)/t3-,6?/m0/s1. The minimum atomic E-state index is -1.20. The molecule has 3 N–H and O–H groups in total. The Hall–Kier alpha value is -0.650. The number of carboxylic acids is 1. The van der Waals surface area contributed by atoms with Crippen LogP contribution in [0.4, 0.5) is 0 Å². The van der Waals surface area contributed by atoms with Crippen LogP contribution in [0.2, 0.25) is 0 Å². The van der Waals surface area contributed by atoms with Gasteiger partial charge in [0.05, 0.1) is 6.21 Å². The summed E-state index contributed by atoms with van der Waals surface area (Å²) >= 11 is 11.3. The summed E-state index contributed by atoms with van der Waals surface area (Å²) in [5.74, 6) is -1.13. The Morgan fingerprint density at radius 2 is 2.46 bits per heavy atom. The highest BCUT2D eigenvalue weighted by molar-refractivity contribution is 6.66. The second kappa shape index (κ2) is 3.61. The first kappa shape index (κ1) is 10.4. The average molecular weight is 224 g/mol. The number of amidine groups is 1. The topological polar surface area (TPSA) is 88.0 Å². The summed E-state index contributed by atoms with van der Waals surface area (Å²) < 4.78 is 0. The summed E-state index contributed by atoms with van der Waals surface area (Å²) in [7, 11) is 0. The molecule has 0 bridgehead atoms. The molecule has 0 radical (unpaired) electrons. The van der Waals surface area contributed by atoms with Crippen molar-refractivity contribution < 1.29 is 9.90 Å². The molecule has 0 amide bonds. The largest absolute Gasteiger partial charge is 0.480 e. The quantitative estimate of drug-likeness (QED) is 0.537. The fraction of sp³-hybridized carbons (Fsp3) is 0.500. The number of hydrogen-bond acceptors (Lipinski definition) is 4. The molecule has 0 aliphatic carbocycles. The number of alkyl halides is 1. The minimum absolute atomic E-state index is 0.00703. The van der Waals surface area contributed by atoms with Crippen molar-refractivity contribution in [3.63, 3.8) is 0 Å². The highest BCUT2D eigenvalue weighted by Crippen LogP contribution is 2.25. The van der Waals surface area contributed by atoms with Crippen molar-refractivity contribution in [1.29, 1.82) is 0 Å². The zero-order valence-corrected chi connectivity index (χ0v) is 7.96. The first-order valence-electron chi connectivity index (χ1n) is 3.41. The van der Waals surface area contributed by atoms with Gasteiger partial charge in [0, 0.05) is 6.42 Å². The SMILES string of the molecule is N[C@@H](CC1(Cl)C=NC(Cl)=N1)C(=O)O. The van der Waals surface area contributed by atoms with Crippen molar-refractivity contribution in [2.75, 3.05) is 0 Å². The highest BCUT2D eigenvalue weighted by atomic mass is 35.5. The lowest BCUT2D eigenvalue weighted by Crippen LogP contribution is -2.37. The molecule has 0 spiro atoms. The molecule has 0 aromatic rings. The zero-order chi connectivity index (χ0) is 10.1. The summed E-state index contributed by atoms with van der Waals surface area (Å²) in [5.41, 5.74) is 5.27. The Labute approximate surface area is 84.3 Å². The predicted octanol–water partition coefficient (Wildman–Crippen LogP) is 0.403. The van der Waals surface area contributed by atoms with E-state index in [-0.39, 0.29) is 11.7 Å². The van der Waals surface area contributed by atoms with Crippen molar-refractivity contribution >= 4 is 40.7 Å². The number of aliphatic carboxylic acids is 1. The Morgan fingerprint density at radius 3 is 2.85 bits per heavy atom. The van der Waals surface area contributed by atoms with E-state index < -0.39 is 17.0 Å². The van der Waals surface area contributed by atoms with E-state index in [1.54, 1.807) is 0 Å². The molecular formula is C6H7Cl2N3O2. The van der Waals surface area contributed by atoms with Crippen molar-refractivity contribution in [3.05, 3.63) is 0 Å². The maximum atomic E-state index is 10.4. The third-order valence-corrected chi connectivity index (χ3v) is 1.99. The first-order chi connectivity index (χ1) is 5.93. The Bertz CT molecular complexity index is 292. The van der Waals surface area contributed by atoms with Gasteiger partial charge in [0.1, 0.15) is 6.04 Å². The maximum absolute atomic E-state index is 10.4. The first-order valence-corrected chi connectivity index (χ1v) is 4.16. The van der Waals surface area contributed by atoms with Crippen LogP contribution in [0.15, 0.2) is 9.98 Å². The molecule has 7 heteroatoms. The van der Waals surface area contributed by atoms with Gasteiger partial charge in [-0.05, 0) is 11.6 Å². The number of carbonyl (C=O) groups is 1. The summed E-state index contributed by atoms with van der Waals surface area (Å²) in [5, 5.41) is 8.52. The van der Waals surface area contributed by atoms with Crippen LogP contribution in [0, 0.1) is 0 Å². The number of rotatable bonds is 3. The molecule has 0 fully saturated rings. The van der Waals surface area contributed by atoms with E-state index in [0.717, 1.165) is 0 Å². The van der Waals surface area contributed by atoms with Crippen LogP contribution in [0.1, 0.15) is 6.42 Å². The molecule has 5 nitrogen and oxygen atoms in total. The lowest BCUT2D eigenvalue weighted by atomic mass is 10.1. The van der Waals surface area contributed by atoms with E-state index >= 15 is 0 Å². The molecule has 1 heterocycles. The second-order valence-electron chi connectivity index (χ2n) is 2.61. The Morgan fingerprint density at radius 1 is 1.85 bits per heavy atom. The molecule has 72 valence electrons. The summed E-state index contributed by atoms with van der Waals surface area (Å²) in [6.45, 7) is 0. The molecule has 1 aliphatic rings. The van der Waals surface area contributed by atoms with Crippen LogP contribution in [-0.4, -0.2) is 33.6 Å². The smallest absolute Gasteiger partial charge is 0.320 e. The molecule has 0 saturated heterocycles. The molecule has 1 rings (SSSR count). The molecule has 1 unspecified atom stereocenters. The number of nitrogens with zero attached hydrogens (tertiary/aromatic N) is 2. The van der Waals surface area contributed by atoms with Gasteiger partial charge in [0.25, 0.3) is 0 Å². The molecule has 2 atom stereocenters. The van der Waals surface area contributed by atoms with Crippen LogP contribution in [0.25, 0.3) is 0 Å². The van der Waals surface area contributed by atoms with Gasteiger partial charge in [-0.2, -0.15) is 0 Å². The van der Waals surface area contributed by atoms with Gasteiger partial charge >= 0.3 is 5.97 Å². The third kappa shape index (κ3) is 2.65. The van der Waals surface area contributed by atoms with Crippen LogP contribution in [0.3, 0.4) is 0 Å². The van der Waals surface area contributed by atoms with Gasteiger partial charge < -0.3 is 10.8 Å². The third-order valence-electron chi connectivity index (χ3n) is 1.47. The highest BCUT2D eigenvalue weighted by Gasteiger charge is 2.33. The molecule has 0 aromatic heterocycles. The van der Waals surface area contributed by atoms with Crippen molar-refractivity contribution in [1.82, 2.24) is 0 Å². The van der Waals surface area contributed by atoms with Crippen LogP contribution in [-0.2, 0) is 4.79 Å². The van der Waals surface area contributed by atoms with Crippen molar-refractivity contribution in [2.24, 2.45) is 15.7 Å². The number of halogens is 2. The lowest BCUT2D eigenvalue weighted by Gasteiger charge is -2.16. The van der Waals surface area contributed by atoms with E-state index in [9.17, 15) is 4.79 Å². The fourth-order valence-electron chi connectivity index (χ4n) is 0.857. The molecule has 0 saturated carbocycles. The van der Waals surface area contributed by atoms with Crippen molar-refractivity contribution in [2.45, 2.75) is 17.5 Å². The number of hydrogen-bond donors (Lipinski definition) is 2. The van der Waals surface area contributed by atoms with Crippen LogP contribution < -0.4 is 5.73 Å². The van der Waals surface area contributed by atoms with Gasteiger partial charge in [-0.15, -0.1) is 0 Å². The van der Waals surface area contributed by atoms with E-state index in [0.29, 0.717) is 0 Å². The van der Waals surface area contributed by atoms with Crippen LogP contribution >= 0.6 is 23.2 Å². The molecule has 1 aliphatic heterocycles. The second-order valence-corrected chi connectivity index (χ2v) is 3.60. The predicted molar refractivity (Wildman–Crippen MR) is 50.6 cm³/mol. The average Bonchev–Trinajstić information content (AvgIpc) is 2.30. The number of carboxylic acid groups (broad SMARTS) is 1. The van der Waals surface area contributed by atoms with Gasteiger partial charge in [-0.25, -0.2) is 9.98 Å². The summed E-state index contributed by atoms with van der Waals surface area (Å²) in [6.07, 6.45) is 1.24. The van der Waals surface area contributed by atoms with Gasteiger partial charge in [-0.1, -0.05) is 11.6 Å². The van der Waals surface area contributed by atoms with Gasteiger partial charge in [0.2, 0.25) is 5.29 Å². The van der Waals surface area contributed by atoms with Crippen LogP contribution in [0.5, 0.6) is 0 Å². The Balaban J connectivity index is 2.65. The van der Waals surface area contributed by atoms with E-state index in [4.69, 9.17) is 34.0 Å². The van der Waals surface area contributed by atoms with E-state index in [1.807, 2.05) is 0 Å². The Kier molecular flexibility index (Phi) is 2.90. The van der Waals surface area contributed by atoms with Crippen molar-refractivity contribution in [3.8, 4) is 0 Å². The number of aliphatic imine (C=N–C) groups is 2. The molecule has 0 aromatic carbocycles. The molecule has 13 heavy (non-hydrogen) atoms. The van der Waals surface area contributed by atoms with Gasteiger partial charge in [-0.3, -0.25) is 4.79 Å². The normalized spacial score (nSPS) is 28.7. The van der Waals surface area contributed by atoms with E-state index in [2.05, 4.69) is 9.98 Å². The maximum Gasteiger partial charge on any atom is 0.320 e. The zero-order valence-electron chi connectivity index (χ0n) is 6.44. The minimum Gasteiger partial charge on any atom is -0.480 e. The molecular weight excluding hydrogens is 217 g/mol. The van der Waals surface area contributed by atoms with E-state index in [1.165, 1.54) is 6.21 Å². The monoisotopic (exact) mass is 223 g/mol. The fourth-order valence-corrected chi connectivity index (χ4v) is 1.40. The summed E-state index contributed by atoms with van der Waals surface area (Å²) in [6, 6.07) is -1.07. The lowest BCUT2D eigenvalue weighted by molar-refractivity contribution is -0.138.